The fourth-order valence-electron chi connectivity index (χ4n) is 2.19. The standard InChI is InChI=1S/C16H14N4O2S/c1-19-8-12-13(11(7-17)14(18)20-15(12)23)9-3-5-10(6-4-9)16(21)22-2/h3-6,8H,1-2H3,(H3,18,20,23). The summed E-state index contributed by atoms with van der Waals surface area (Å²) >= 11 is 5.28. The van der Waals surface area contributed by atoms with Gasteiger partial charge in [0.1, 0.15) is 22.1 Å². The van der Waals surface area contributed by atoms with Crippen molar-refractivity contribution >= 4 is 30.2 Å². The van der Waals surface area contributed by atoms with Gasteiger partial charge in [-0.3, -0.25) is 4.99 Å². The number of aromatic nitrogens is 1. The summed E-state index contributed by atoms with van der Waals surface area (Å²) in [4.78, 5) is 18.3. The Labute approximate surface area is 138 Å². The molecule has 0 fully saturated rings. The van der Waals surface area contributed by atoms with Gasteiger partial charge in [0, 0.05) is 24.4 Å². The maximum Gasteiger partial charge on any atom is 0.337 e. The summed E-state index contributed by atoms with van der Waals surface area (Å²) in [6.07, 6.45) is 1.57. The molecule has 6 nitrogen and oxygen atoms in total. The zero-order chi connectivity index (χ0) is 17.0. The predicted octanol–water partition coefficient (Wildman–Crippen LogP) is 2.70. The molecule has 7 heteroatoms. The Bertz CT molecular complexity index is 877. The highest BCUT2D eigenvalue weighted by Gasteiger charge is 2.16. The smallest absolute Gasteiger partial charge is 0.337 e. The Morgan fingerprint density at radius 1 is 1.43 bits per heavy atom. The molecule has 0 aliphatic carbocycles. The van der Waals surface area contributed by atoms with Crippen LogP contribution in [0.2, 0.25) is 0 Å². The van der Waals surface area contributed by atoms with Gasteiger partial charge in [-0.05, 0) is 17.7 Å². The van der Waals surface area contributed by atoms with Gasteiger partial charge < -0.3 is 15.5 Å². The van der Waals surface area contributed by atoms with Gasteiger partial charge in [-0.25, -0.2) is 4.79 Å². The van der Waals surface area contributed by atoms with Crippen LogP contribution < -0.4 is 5.73 Å². The minimum Gasteiger partial charge on any atom is -0.465 e. The average molecular weight is 326 g/mol. The van der Waals surface area contributed by atoms with E-state index in [2.05, 4.69) is 20.8 Å². The van der Waals surface area contributed by atoms with Gasteiger partial charge in [0.2, 0.25) is 0 Å². The Morgan fingerprint density at radius 3 is 2.61 bits per heavy atom. The van der Waals surface area contributed by atoms with Crippen LogP contribution in [0, 0.1) is 16.0 Å². The van der Waals surface area contributed by atoms with E-state index in [1.165, 1.54) is 7.11 Å². The first-order chi connectivity index (χ1) is 11.0. The van der Waals surface area contributed by atoms with Crippen LogP contribution in [0.5, 0.6) is 0 Å². The second kappa shape index (κ2) is 6.85. The van der Waals surface area contributed by atoms with Crippen molar-refractivity contribution in [3.63, 3.8) is 0 Å². The van der Waals surface area contributed by atoms with Crippen molar-refractivity contribution in [2.45, 2.75) is 0 Å². The number of rotatable bonds is 3. The lowest BCUT2D eigenvalue weighted by Crippen LogP contribution is -2.04. The molecule has 0 amide bonds. The van der Waals surface area contributed by atoms with Crippen molar-refractivity contribution in [1.82, 2.24) is 4.98 Å². The number of nitrogens with zero attached hydrogens (tertiary/aromatic N) is 2. The fourth-order valence-corrected chi connectivity index (χ4v) is 2.46. The molecule has 2 rings (SSSR count). The molecule has 0 saturated carbocycles. The second-order valence-corrected chi connectivity index (χ2v) is 5.01. The monoisotopic (exact) mass is 326 g/mol. The number of nitrogens with one attached hydrogen (secondary N) is 1. The van der Waals surface area contributed by atoms with Gasteiger partial charge in [-0.2, -0.15) is 5.26 Å². The summed E-state index contributed by atoms with van der Waals surface area (Å²) in [5.74, 6) is -0.241. The van der Waals surface area contributed by atoms with Crippen molar-refractivity contribution in [3.8, 4) is 17.2 Å². The van der Waals surface area contributed by atoms with Crippen molar-refractivity contribution in [2.75, 3.05) is 19.9 Å². The number of ether oxygens (including phenoxy) is 1. The van der Waals surface area contributed by atoms with Gasteiger partial charge >= 0.3 is 5.97 Å². The lowest BCUT2D eigenvalue weighted by molar-refractivity contribution is 0.0601. The summed E-state index contributed by atoms with van der Waals surface area (Å²) in [6, 6.07) is 8.74. The third-order valence-electron chi connectivity index (χ3n) is 3.25. The van der Waals surface area contributed by atoms with Gasteiger partial charge in [0.25, 0.3) is 0 Å². The maximum atomic E-state index is 11.5. The number of aromatic amines is 1. The molecule has 116 valence electrons. The number of H-pyrrole nitrogens is 1. The number of pyridine rings is 1. The lowest BCUT2D eigenvalue weighted by atomic mass is 9.96. The minimum atomic E-state index is -0.433. The first-order valence-corrected chi connectivity index (χ1v) is 7.01. The topological polar surface area (TPSA) is 104 Å². The van der Waals surface area contributed by atoms with E-state index in [0.717, 1.165) is 0 Å². The number of hydrogen-bond acceptors (Lipinski definition) is 6. The van der Waals surface area contributed by atoms with E-state index in [-0.39, 0.29) is 11.4 Å². The molecule has 0 bridgehead atoms. The Balaban J connectivity index is 2.73. The van der Waals surface area contributed by atoms with Crippen LogP contribution in [0.4, 0.5) is 5.82 Å². The number of esters is 1. The molecule has 1 aromatic heterocycles. The van der Waals surface area contributed by atoms with E-state index < -0.39 is 5.97 Å². The minimum absolute atomic E-state index is 0.192. The van der Waals surface area contributed by atoms with Crippen molar-refractivity contribution in [3.05, 3.63) is 45.6 Å². The predicted molar refractivity (Wildman–Crippen MR) is 91.0 cm³/mol. The van der Waals surface area contributed by atoms with Crippen molar-refractivity contribution < 1.29 is 9.53 Å². The van der Waals surface area contributed by atoms with Crippen LogP contribution in [0.25, 0.3) is 11.1 Å². The normalized spacial score (nSPS) is 10.5. The average Bonchev–Trinajstić information content (AvgIpc) is 2.56. The van der Waals surface area contributed by atoms with E-state index >= 15 is 0 Å². The van der Waals surface area contributed by atoms with E-state index in [4.69, 9.17) is 18.0 Å². The lowest BCUT2D eigenvalue weighted by Gasteiger charge is -2.11. The van der Waals surface area contributed by atoms with E-state index in [1.807, 2.05) is 0 Å². The number of nitriles is 1. The molecule has 23 heavy (non-hydrogen) atoms. The number of carbonyl (C=O) groups is 1. The van der Waals surface area contributed by atoms with Crippen LogP contribution in [0.1, 0.15) is 21.5 Å². The summed E-state index contributed by atoms with van der Waals surface area (Å²) < 4.78 is 5.06. The third kappa shape index (κ3) is 3.12. The molecule has 0 unspecified atom stereocenters. The summed E-state index contributed by atoms with van der Waals surface area (Å²) in [5, 5.41) is 9.42. The largest absolute Gasteiger partial charge is 0.465 e. The SMILES string of the molecule is CN=Cc1c(-c2ccc(C(=O)OC)cc2)c(C#N)c(N)[nH]c1=S. The van der Waals surface area contributed by atoms with Crippen LogP contribution in [-0.2, 0) is 4.74 Å². The molecule has 0 saturated heterocycles. The van der Waals surface area contributed by atoms with Crippen LogP contribution in [0.15, 0.2) is 29.3 Å². The number of methoxy groups -OCH3 is 1. The first kappa shape index (κ1) is 16.4. The summed E-state index contributed by atoms with van der Waals surface area (Å²) in [5.41, 5.74) is 8.44. The van der Waals surface area contributed by atoms with Crippen molar-refractivity contribution in [2.24, 2.45) is 4.99 Å². The molecule has 0 radical (unpaired) electrons. The molecule has 0 aliphatic heterocycles. The number of aliphatic imine (C=N–C) groups is 1. The number of carbonyl (C=O) groups excluding carboxylic acids is 1. The van der Waals surface area contributed by atoms with Gasteiger partial charge in [-0.1, -0.05) is 24.4 Å². The molecule has 0 spiro atoms. The molecule has 1 aromatic carbocycles. The summed E-state index contributed by atoms with van der Waals surface area (Å²) in [7, 11) is 2.93. The zero-order valence-corrected chi connectivity index (χ0v) is 13.4. The van der Waals surface area contributed by atoms with E-state index in [9.17, 15) is 10.1 Å². The number of anilines is 1. The Kier molecular flexibility index (Phi) is 4.88. The second-order valence-electron chi connectivity index (χ2n) is 4.60. The van der Waals surface area contributed by atoms with Crippen LogP contribution >= 0.6 is 12.2 Å². The molecular formula is C16H14N4O2S. The number of nitrogens with two attached hydrogens (primary N) is 1. The highest BCUT2D eigenvalue weighted by molar-refractivity contribution is 7.71. The fraction of sp³-hybridized carbons (Fsp3) is 0.125. The van der Waals surface area contributed by atoms with Gasteiger partial charge in [-0.15, -0.1) is 0 Å². The Hall–Kier alpha value is -2.98. The summed E-state index contributed by atoms with van der Waals surface area (Å²) in [6.45, 7) is 0. The number of benzene rings is 1. The first-order valence-electron chi connectivity index (χ1n) is 6.60. The Morgan fingerprint density at radius 2 is 2.09 bits per heavy atom. The van der Waals surface area contributed by atoms with Gasteiger partial charge in [0.15, 0.2) is 0 Å². The molecule has 1 heterocycles. The number of hydrogen-bond donors (Lipinski definition) is 2. The van der Waals surface area contributed by atoms with E-state index in [0.29, 0.717) is 26.9 Å². The highest BCUT2D eigenvalue weighted by atomic mass is 32.1. The molecule has 0 aliphatic rings. The van der Waals surface area contributed by atoms with Crippen molar-refractivity contribution in [1.29, 1.82) is 5.26 Å². The quantitative estimate of drug-likeness (QED) is 0.512. The molecule has 3 N–H and O–H groups in total. The third-order valence-corrected chi connectivity index (χ3v) is 3.57. The number of nitrogen functional groups attached to an aromatic ring is 1. The van der Waals surface area contributed by atoms with E-state index in [1.54, 1.807) is 37.5 Å². The molecule has 0 atom stereocenters. The van der Waals surface area contributed by atoms with Crippen LogP contribution in [-0.4, -0.2) is 31.3 Å². The molecular weight excluding hydrogens is 312 g/mol. The van der Waals surface area contributed by atoms with Gasteiger partial charge in [0.05, 0.1) is 12.7 Å². The zero-order valence-electron chi connectivity index (χ0n) is 12.6. The molecule has 2 aromatic rings. The highest BCUT2D eigenvalue weighted by Crippen LogP contribution is 2.30. The maximum absolute atomic E-state index is 11.5. The van der Waals surface area contributed by atoms with Crippen LogP contribution in [0.3, 0.4) is 0 Å².